The zero-order valence-corrected chi connectivity index (χ0v) is 21.4. The summed E-state index contributed by atoms with van der Waals surface area (Å²) in [5.41, 5.74) is 2.35. The van der Waals surface area contributed by atoms with Crippen LogP contribution in [-0.4, -0.2) is 31.6 Å². The third kappa shape index (κ3) is 6.24. The average molecular weight is 483 g/mol. The molecule has 0 bridgehead atoms. The van der Waals surface area contributed by atoms with E-state index < -0.39 is 5.79 Å². The maximum Gasteiger partial charge on any atom is 0.305 e. The molecule has 4 rings (SSSR count). The molecular formula is C29H38O4S. The molecule has 5 heteroatoms. The summed E-state index contributed by atoms with van der Waals surface area (Å²) in [7, 11) is 0. The SMILES string of the molecule is CCCCCC(=O)OCC1(CC)COC2(CC(c3ccccc3)SC(c3ccccc3)C2)OC1. The lowest BCUT2D eigenvalue weighted by Gasteiger charge is -2.50. The normalized spacial score (nSPS) is 29.1. The van der Waals surface area contributed by atoms with Crippen LogP contribution >= 0.6 is 11.8 Å². The van der Waals surface area contributed by atoms with Crippen molar-refractivity contribution in [1.29, 1.82) is 0 Å². The highest BCUT2D eigenvalue weighted by atomic mass is 32.2. The summed E-state index contributed by atoms with van der Waals surface area (Å²) in [5, 5.41) is 0.594. The van der Waals surface area contributed by atoms with Gasteiger partial charge in [-0.05, 0) is 24.0 Å². The molecule has 1 spiro atoms. The first-order chi connectivity index (χ1) is 16.6. The number of rotatable bonds is 9. The number of carbonyl (C=O) groups is 1. The van der Waals surface area contributed by atoms with E-state index in [9.17, 15) is 4.79 Å². The van der Waals surface area contributed by atoms with Crippen molar-refractivity contribution >= 4 is 17.7 Å². The summed E-state index contributed by atoms with van der Waals surface area (Å²) in [5.74, 6) is -0.722. The average Bonchev–Trinajstić information content (AvgIpc) is 2.90. The lowest BCUT2D eigenvalue weighted by Crippen LogP contribution is -2.53. The number of hydrogen-bond donors (Lipinski definition) is 0. The molecule has 2 aromatic rings. The smallest absolute Gasteiger partial charge is 0.305 e. The monoisotopic (exact) mass is 482 g/mol. The van der Waals surface area contributed by atoms with Crippen molar-refractivity contribution in [3.8, 4) is 0 Å². The lowest BCUT2D eigenvalue weighted by molar-refractivity contribution is -0.315. The van der Waals surface area contributed by atoms with Gasteiger partial charge >= 0.3 is 5.97 Å². The van der Waals surface area contributed by atoms with Crippen LogP contribution in [0.5, 0.6) is 0 Å². The van der Waals surface area contributed by atoms with E-state index in [-0.39, 0.29) is 11.4 Å². The predicted molar refractivity (Wildman–Crippen MR) is 138 cm³/mol. The van der Waals surface area contributed by atoms with Crippen molar-refractivity contribution in [3.05, 3.63) is 71.8 Å². The van der Waals surface area contributed by atoms with Crippen LogP contribution in [0.1, 0.15) is 80.4 Å². The molecule has 34 heavy (non-hydrogen) atoms. The summed E-state index contributed by atoms with van der Waals surface area (Å²) in [6, 6.07) is 21.4. The van der Waals surface area contributed by atoms with Crippen molar-refractivity contribution in [2.24, 2.45) is 5.41 Å². The highest BCUT2D eigenvalue weighted by Crippen LogP contribution is 2.56. The number of esters is 1. The van der Waals surface area contributed by atoms with Crippen LogP contribution in [0.4, 0.5) is 0 Å². The van der Waals surface area contributed by atoms with E-state index in [1.54, 1.807) is 0 Å². The van der Waals surface area contributed by atoms with E-state index in [2.05, 4.69) is 74.5 Å². The Morgan fingerprint density at radius 2 is 1.47 bits per heavy atom. The number of hydrogen-bond acceptors (Lipinski definition) is 5. The highest BCUT2D eigenvalue weighted by molar-refractivity contribution is 7.99. The number of unbranched alkanes of at least 4 members (excludes halogenated alkanes) is 2. The van der Waals surface area contributed by atoms with Gasteiger partial charge in [0.2, 0.25) is 0 Å². The van der Waals surface area contributed by atoms with Crippen LogP contribution in [0.25, 0.3) is 0 Å². The van der Waals surface area contributed by atoms with Gasteiger partial charge in [0.1, 0.15) is 6.61 Å². The van der Waals surface area contributed by atoms with E-state index in [1.165, 1.54) is 11.1 Å². The molecule has 2 heterocycles. The molecule has 2 aliphatic rings. The molecule has 0 saturated carbocycles. The minimum Gasteiger partial charge on any atom is -0.465 e. The largest absolute Gasteiger partial charge is 0.465 e. The number of benzene rings is 2. The second-order valence-corrected chi connectivity index (χ2v) is 11.2. The van der Waals surface area contributed by atoms with Crippen molar-refractivity contribution in [2.75, 3.05) is 19.8 Å². The molecule has 0 aliphatic carbocycles. The maximum absolute atomic E-state index is 12.2. The molecule has 0 N–H and O–H groups in total. The van der Waals surface area contributed by atoms with Gasteiger partial charge in [0.25, 0.3) is 0 Å². The molecule has 0 aromatic heterocycles. The summed E-state index contributed by atoms with van der Waals surface area (Å²) >= 11 is 2.01. The quantitative estimate of drug-likeness (QED) is 0.278. The molecule has 0 radical (unpaired) electrons. The minimum absolute atomic E-state index is 0.107. The Labute approximate surface area is 208 Å². The third-order valence-corrected chi connectivity index (χ3v) is 8.76. The van der Waals surface area contributed by atoms with Crippen LogP contribution in [0.15, 0.2) is 60.7 Å². The Hall–Kier alpha value is -1.82. The summed E-state index contributed by atoms with van der Waals surface area (Å²) in [6.07, 6.45) is 6.04. The van der Waals surface area contributed by atoms with Gasteiger partial charge in [0.05, 0.1) is 18.6 Å². The Balaban J connectivity index is 1.45. The predicted octanol–water partition coefficient (Wildman–Crippen LogP) is 7.26. The van der Waals surface area contributed by atoms with Crippen molar-refractivity contribution in [1.82, 2.24) is 0 Å². The fraction of sp³-hybridized carbons (Fsp3) is 0.552. The molecule has 0 amide bonds. The maximum atomic E-state index is 12.2. The van der Waals surface area contributed by atoms with Crippen LogP contribution in [0.2, 0.25) is 0 Å². The first-order valence-corrected chi connectivity index (χ1v) is 13.7. The Bertz CT molecular complexity index is 843. The molecule has 2 aliphatic heterocycles. The lowest BCUT2D eigenvalue weighted by atomic mass is 9.85. The first-order valence-electron chi connectivity index (χ1n) is 12.8. The van der Waals surface area contributed by atoms with Gasteiger partial charge in [-0.15, -0.1) is 11.8 Å². The molecule has 4 nitrogen and oxygen atoms in total. The second-order valence-electron chi connectivity index (χ2n) is 9.80. The van der Waals surface area contributed by atoms with Crippen LogP contribution < -0.4 is 0 Å². The molecule has 2 saturated heterocycles. The summed E-state index contributed by atoms with van der Waals surface area (Å²) < 4.78 is 18.9. The van der Waals surface area contributed by atoms with Gasteiger partial charge in [-0.3, -0.25) is 4.79 Å². The zero-order valence-electron chi connectivity index (χ0n) is 20.5. The topological polar surface area (TPSA) is 44.8 Å². The van der Waals surface area contributed by atoms with E-state index in [4.69, 9.17) is 14.2 Å². The van der Waals surface area contributed by atoms with Crippen LogP contribution in [0, 0.1) is 5.41 Å². The van der Waals surface area contributed by atoms with Gasteiger partial charge in [0, 0.05) is 29.8 Å². The van der Waals surface area contributed by atoms with Crippen molar-refractivity contribution < 1.29 is 19.0 Å². The summed E-state index contributed by atoms with van der Waals surface area (Å²) in [6.45, 7) is 5.74. The van der Waals surface area contributed by atoms with Crippen LogP contribution in [0.3, 0.4) is 0 Å². The van der Waals surface area contributed by atoms with Gasteiger partial charge < -0.3 is 14.2 Å². The Morgan fingerprint density at radius 1 is 0.912 bits per heavy atom. The van der Waals surface area contributed by atoms with Gasteiger partial charge in [-0.1, -0.05) is 87.4 Å². The Morgan fingerprint density at radius 3 is 1.97 bits per heavy atom. The molecule has 2 fully saturated rings. The van der Waals surface area contributed by atoms with Crippen molar-refractivity contribution in [2.45, 2.75) is 75.1 Å². The number of ether oxygens (including phenoxy) is 3. The van der Waals surface area contributed by atoms with E-state index >= 15 is 0 Å². The number of carbonyl (C=O) groups excluding carboxylic acids is 1. The van der Waals surface area contributed by atoms with Gasteiger partial charge in [-0.25, -0.2) is 0 Å². The highest BCUT2D eigenvalue weighted by Gasteiger charge is 2.50. The van der Waals surface area contributed by atoms with E-state index in [1.807, 2.05) is 11.8 Å². The molecule has 2 atom stereocenters. The fourth-order valence-corrected chi connectivity index (χ4v) is 6.50. The second kappa shape index (κ2) is 11.7. The van der Waals surface area contributed by atoms with E-state index in [0.717, 1.165) is 38.5 Å². The molecule has 2 aromatic carbocycles. The number of thioether (sulfide) groups is 1. The van der Waals surface area contributed by atoms with Gasteiger partial charge in [-0.2, -0.15) is 0 Å². The Kier molecular flexibility index (Phi) is 8.73. The van der Waals surface area contributed by atoms with Gasteiger partial charge in [0.15, 0.2) is 5.79 Å². The standard InChI is InChI=1S/C29H38O4S/c1-3-5-8-17-27(30)31-20-28(4-2)21-32-29(33-22-28)18-25(23-13-9-6-10-14-23)34-26(19-29)24-15-11-7-12-16-24/h6-7,9-16,25-26H,3-5,8,17-22H2,1-2H3. The minimum atomic E-state index is -0.615. The zero-order chi connectivity index (χ0) is 23.9. The molecule has 184 valence electrons. The summed E-state index contributed by atoms with van der Waals surface area (Å²) in [4.78, 5) is 12.2. The third-order valence-electron chi connectivity index (χ3n) is 7.22. The first kappa shape index (κ1) is 25.3. The molecular weight excluding hydrogens is 444 g/mol. The van der Waals surface area contributed by atoms with E-state index in [0.29, 0.717) is 36.7 Å². The van der Waals surface area contributed by atoms with Crippen LogP contribution in [-0.2, 0) is 19.0 Å². The molecule has 2 unspecified atom stereocenters. The fourth-order valence-electron chi connectivity index (χ4n) is 4.77. The van der Waals surface area contributed by atoms with Crippen molar-refractivity contribution in [3.63, 3.8) is 0 Å².